The Kier molecular flexibility index (Phi) is 3.13. The van der Waals surface area contributed by atoms with Gasteiger partial charge in [0.1, 0.15) is 11.4 Å². The van der Waals surface area contributed by atoms with E-state index in [0.29, 0.717) is 23.1 Å². The first-order valence-electron chi connectivity index (χ1n) is 5.49. The zero-order valence-electron chi connectivity index (χ0n) is 9.75. The fourth-order valence-corrected chi connectivity index (χ4v) is 1.65. The molecular formula is C13H13FO3. The Morgan fingerprint density at radius 2 is 2.24 bits per heavy atom. The van der Waals surface area contributed by atoms with Crippen LogP contribution in [0.5, 0.6) is 0 Å². The zero-order valence-corrected chi connectivity index (χ0v) is 9.75. The van der Waals surface area contributed by atoms with Crippen LogP contribution >= 0.6 is 0 Å². The lowest BCUT2D eigenvalue weighted by Gasteiger charge is -2.00. The van der Waals surface area contributed by atoms with Gasteiger partial charge in [-0.1, -0.05) is 6.92 Å². The molecule has 90 valence electrons. The summed E-state index contributed by atoms with van der Waals surface area (Å²) in [4.78, 5) is 11.7. The summed E-state index contributed by atoms with van der Waals surface area (Å²) >= 11 is 0. The van der Waals surface area contributed by atoms with Crippen molar-refractivity contribution in [2.24, 2.45) is 0 Å². The van der Waals surface area contributed by atoms with E-state index in [9.17, 15) is 9.18 Å². The SMILES string of the molecule is CCCOC(=O)c1oc2ccc(F)cc2c1C. The Morgan fingerprint density at radius 1 is 1.47 bits per heavy atom. The molecule has 0 aliphatic heterocycles. The maximum Gasteiger partial charge on any atom is 0.374 e. The number of benzene rings is 1. The molecule has 1 aromatic heterocycles. The maximum atomic E-state index is 13.1. The van der Waals surface area contributed by atoms with Crippen LogP contribution in [-0.2, 0) is 4.74 Å². The van der Waals surface area contributed by atoms with Crippen molar-refractivity contribution in [3.05, 3.63) is 35.3 Å². The second-order valence-corrected chi connectivity index (χ2v) is 3.83. The molecule has 2 rings (SSSR count). The van der Waals surface area contributed by atoms with Crippen molar-refractivity contribution in [1.29, 1.82) is 0 Å². The second-order valence-electron chi connectivity index (χ2n) is 3.83. The van der Waals surface area contributed by atoms with E-state index < -0.39 is 5.97 Å². The molecule has 1 heterocycles. The highest BCUT2D eigenvalue weighted by atomic mass is 19.1. The van der Waals surface area contributed by atoms with E-state index in [1.54, 1.807) is 6.92 Å². The molecule has 0 N–H and O–H groups in total. The van der Waals surface area contributed by atoms with Crippen LogP contribution in [0.3, 0.4) is 0 Å². The summed E-state index contributed by atoms with van der Waals surface area (Å²) in [6.45, 7) is 3.98. The lowest BCUT2D eigenvalue weighted by molar-refractivity contribution is 0.0470. The van der Waals surface area contributed by atoms with Gasteiger partial charge in [0.15, 0.2) is 0 Å². The van der Waals surface area contributed by atoms with Gasteiger partial charge in [-0.25, -0.2) is 9.18 Å². The number of carbonyl (C=O) groups is 1. The van der Waals surface area contributed by atoms with Crippen LogP contribution in [-0.4, -0.2) is 12.6 Å². The molecule has 0 bridgehead atoms. The number of esters is 1. The third kappa shape index (κ3) is 2.16. The zero-order chi connectivity index (χ0) is 12.4. The first-order chi connectivity index (χ1) is 8.13. The number of rotatable bonds is 3. The summed E-state index contributed by atoms with van der Waals surface area (Å²) in [6.07, 6.45) is 0.750. The summed E-state index contributed by atoms with van der Waals surface area (Å²) in [7, 11) is 0. The van der Waals surface area contributed by atoms with Gasteiger partial charge >= 0.3 is 5.97 Å². The number of aryl methyl sites for hydroxylation is 1. The molecule has 0 spiro atoms. The Balaban J connectivity index is 2.42. The number of hydrogen-bond donors (Lipinski definition) is 0. The summed E-state index contributed by atoms with van der Waals surface area (Å²) in [5, 5.41) is 0.605. The molecule has 0 unspecified atom stereocenters. The third-order valence-electron chi connectivity index (χ3n) is 2.52. The van der Waals surface area contributed by atoms with Gasteiger partial charge in [0.25, 0.3) is 0 Å². The Hall–Kier alpha value is -1.84. The molecule has 1 aromatic carbocycles. The van der Waals surface area contributed by atoms with Crippen molar-refractivity contribution in [3.8, 4) is 0 Å². The van der Waals surface area contributed by atoms with Gasteiger partial charge in [0, 0.05) is 10.9 Å². The lowest BCUT2D eigenvalue weighted by atomic mass is 10.1. The largest absolute Gasteiger partial charge is 0.460 e. The highest BCUT2D eigenvalue weighted by Gasteiger charge is 2.18. The fourth-order valence-electron chi connectivity index (χ4n) is 1.65. The Morgan fingerprint density at radius 3 is 2.94 bits per heavy atom. The van der Waals surface area contributed by atoms with Gasteiger partial charge in [-0.05, 0) is 31.5 Å². The van der Waals surface area contributed by atoms with Crippen LogP contribution < -0.4 is 0 Å². The Labute approximate surface area is 98.2 Å². The van der Waals surface area contributed by atoms with Gasteiger partial charge in [-0.2, -0.15) is 0 Å². The number of hydrogen-bond acceptors (Lipinski definition) is 3. The number of furan rings is 1. The molecule has 0 amide bonds. The summed E-state index contributed by atoms with van der Waals surface area (Å²) < 4.78 is 23.4. The predicted octanol–water partition coefficient (Wildman–Crippen LogP) is 3.45. The Bertz CT molecular complexity index is 557. The molecule has 0 saturated heterocycles. The topological polar surface area (TPSA) is 39.4 Å². The van der Waals surface area contributed by atoms with Crippen molar-refractivity contribution < 1.29 is 18.3 Å². The van der Waals surface area contributed by atoms with Crippen LogP contribution in [0.1, 0.15) is 29.5 Å². The van der Waals surface area contributed by atoms with Crippen LogP contribution in [0.25, 0.3) is 11.0 Å². The average Bonchev–Trinajstić information content (AvgIpc) is 2.64. The molecular weight excluding hydrogens is 223 g/mol. The van der Waals surface area contributed by atoms with E-state index in [1.807, 2.05) is 6.92 Å². The van der Waals surface area contributed by atoms with E-state index >= 15 is 0 Å². The van der Waals surface area contributed by atoms with Crippen LogP contribution in [0, 0.1) is 12.7 Å². The molecule has 0 radical (unpaired) electrons. The third-order valence-corrected chi connectivity index (χ3v) is 2.52. The normalized spacial score (nSPS) is 10.8. The van der Waals surface area contributed by atoms with Crippen molar-refractivity contribution in [2.75, 3.05) is 6.61 Å². The highest BCUT2D eigenvalue weighted by molar-refractivity contribution is 5.95. The van der Waals surface area contributed by atoms with E-state index in [1.165, 1.54) is 18.2 Å². The molecule has 2 aromatic rings. The van der Waals surface area contributed by atoms with Gasteiger partial charge in [-0.3, -0.25) is 0 Å². The van der Waals surface area contributed by atoms with Crippen molar-refractivity contribution >= 4 is 16.9 Å². The van der Waals surface area contributed by atoms with Crippen molar-refractivity contribution in [2.45, 2.75) is 20.3 Å². The maximum absolute atomic E-state index is 13.1. The fraction of sp³-hybridized carbons (Fsp3) is 0.308. The van der Waals surface area contributed by atoms with Crippen LogP contribution in [0.2, 0.25) is 0 Å². The standard InChI is InChI=1S/C13H13FO3/c1-3-6-16-13(15)12-8(2)10-7-9(14)4-5-11(10)17-12/h4-5,7H,3,6H2,1-2H3. The first-order valence-corrected chi connectivity index (χ1v) is 5.49. The number of halogens is 1. The second kappa shape index (κ2) is 4.57. The van der Waals surface area contributed by atoms with Gasteiger partial charge in [0.2, 0.25) is 5.76 Å². The molecule has 0 aliphatic carbocycles. The number of fused-ring (bicyclic) bond motifs is 1. The lowest BCUT2D eigenvalue weighted by Crippen LogP contribution is -2.05. The van der Waals surface area contributed by atoms with Crippen molar-refractivity contribution in [1.82, 2.24) is 0 Å². The summed E-state index contributed by atoms with van der Waals surface area (Å²) in [6, 6.07) is 4.16. The molecule has 3 nitrogen and oxygen atoms in total. The highest BCUT2D eigenvalue weighted by Crippen LogP contribution is 2.26. The quantitative estimate of drug-likeness (QED) is 0.766. The minimum absolute atomic E-state index is 0.152. The monoisotopic (exact) mass is 236 g/mol. The van der Waals surface area contributed by atoms with E-state index in [4.69, 9.17) is 9.15 Å². The van der Waals surface area contributed by atoms with Gasteiger partial charge in [-0.15, -0.1) is 0 Å². The molecule has 0 aliphatic rings. The summed E-state index contributed by atoms with van der Waals surface area (Å²) in [5.74, 6) is -0.699. The molecule has 17 heavy (non-hydrogen) atoms. The first kappa shape index (κ1) is 11.6. The van der Waals surface area contributed by atoms with Crippen molar-refractivity contribution in [3.63, 3.8) is 0 Å². The molecule has 0 fully saturated rings. The van der Waals surface area contributed by atoms with Gasteiger partial charge < -0.3 is 9.15 Å². The number of carbonyl (C=O) groups excluding carboxylic acids is 1. The molecule has 0 saturated carbocycles. The summed E-state index contributed by atoms with van der Waals surface area (Å²) in [5.41, 5.74) is 1.10. The predicted molar refractivity (Wildman–Crippen MR) is 61.5 cm³/mol. The van der Waals surface area contributed by atoms with E-state index in [2.05, 4.69) is 0 Å². The number of ether oxygens (including phenoxy) is 1. The van der Waals surface area contributed by atoms with E-state index in [0.717, 1.165) is 6.42 Å². The average molecular weight is 236 g/mol. The minimum atomic E-state index is -0.499. The van der Waals surface area contributed by atoms with Crippen LogP contribution in [0.4, 0.5) is 4.39 Å². The minimum Gasteiger partial charge on any atom is -0.460 e. The van der Waals surface area contributed by atoms with Crippen LogP contribution in [0.15, 0.2) is 22.6 Å². The smallest absolute Gasteiger partial charge is 0.374 e. The molecule has 0 atom stereocenters. The van der Waals surface area contributed by atoms with E-state index in [-0.39, 0.29) is 11.6 Å². The molecule has 4 heteroatoms. The van der Waals surface area contributed by atoms with Gasteiger partial charge in [0.05, 0.1) is 6.61 Å².